The Labute approximate surface area is 132 Å². The Balaban J connectivity index is 0.00000161. The average molecular weight is 310 g/mol. The molecule has 1 aromatic heterocycles. The summed E-state index contributed by atoms with van der Waals surface area (Å²) in [7, 11) is 0. The number of rotatable bonds is 3. The number of carbonyl (C=O) groups excluding carboxylic acids is 1. The highest BCUT2D eigenvalue weighted by molar-refractivity contribution is 5.85. The van der Waals surface area contributed by atoms with Gasteiger partial charge in [-0.05, 0) is 49.1 Å². The lowest BCUT2D eigenvalue weighted by atomic mass is 9.67. The van der Waals surface area contributed by atoms with Crippen molar-refractivity contribution in [3.63, 3.8) is 0 Å². The smallest absolute Gasteiger partial charge is 0.224 e. The summed E-state index contributed by atoms with van der Waals surface area (Å²) >= 11 is 0. The van der Waals surface area contributed by atoms with Gasteiger partial charge in [0.25, 0.3) is 0 Å². The van der Waals surface area contributed by atoms with Crippen LogP contribution in [0.25, 0.3) is 0 Å². The molecule has 3 N–H and O–H groups in total. The molecular formula is C16H24ClN3O. The molecule has 21 heavy (non-hydrogen) atoms. The normalized spacial score (nSPS) is 31.1. The monoisotopic (exact) mass is 309 g/mol. The molecule has 2 bridgehead atoms. The maximum Gasteiger partial charge on any atom is 0.224 e. The number of carbonyl (C=O) groups is 1. The van der Waals surface area contributed by atoms with Gasteiger partial charge in [-0.25, -0.2) is 0 Å². The Morgan fingerprint density at radius 3 is 2.67 bits per heavy atom. The summed E-state index contributed by atoms with van der Waals surface area (Å²) in [6.45, 7) is 0. The summed E-state index contributed by atoms with van der Waals surface area (Å²) in [5.74, 6) is 1.28. The van der Waals surface area contributed by atoms with E-state index in [4.69, 9.17) is 5.73 Å². The van der Waals surface area contributed by atoms with Crippen LogP contribution in [0.4, 0.5) is 0 Å². The van der Waals surface area contributed by atoms with Crippen LogP contribution in [-0.4, -0.2) is 23.0 Å². The number of pyridine rings is 1. The highest BCUT2D eigenvalue weighted by Crippen LogP contribution is 2.39. The minimum Gasteiger partial charge on any atom is -0.353 e. The Morgan fingerprint density at radius 2 is 2.05 bits per heavy atom. The topological polar surface area (TPSA) is 68.0 Å². The predicted octanol–water partition coefficient (Wildman–Crippen LogP) is 2.07. The van der Waals surface area contributed by atoms with Crippen LogP contribution in [0.2, 0.25) is 0 Å². The molecule has 0 radical (unpaired) electrons. The van der Waals surface area contributed by atoms with Crippen LogP contribution in [0.3, 0.4) is 0 Å². The van der Waals surface area contributed by atoms with Gasteiger partial charge in [0.2, 0.25) is 5.91 Å². The first-order valence-corrected chi connectivity index (χ1v) is 7.66. The molecule has 1 heterocycles. The molecule has 1 aromatic rings. The Bertz CT molecular complexity index is 454. The molecule has 0 aliphatic heterocycles. The van der Waals surface area contributed by atoms with Crippen molar-refractivity contribution in [3.8, 4) is 0 Å². The number of aromatic nitrogens is 1. The fraction of sp³-hybridized carbons (Fsp3) is 0.625. The van der Waals surface area contributed by atoms with Crippen molar-refractivity contribution in [2.24, 2.45) is 17.6 Å². The van der Waals surface area contributed by atoms with E-state index in [2.05, 4.69) is 10.3 Å². The predicted molar refractivity (Wildman–Crippen MR) is 85.2 cm³/mol. The minimum absolute atomic E-state index is 0. The first-order chi connectivity index (χ1) is 9.72. The molecule has 0 spiro atoms. The second-order valence-corrected chi connectivity index (χ2v) is 6.31. The van der Waals surface area contributed by atoms with Crippen molar-refractivity contribution in [1.82, 2.24) is 10.3 Å². The van der Waals surface area contributed by atoms with Gasteiger partial charge < -0.3 is 11.1 Å². The molecule has 5 heteroatoms. The molecule has 2 aliphatic rings. The third kappa shape index (κ3) is 3.95. The molecule has 2 atom stereocenters. The van der Waals surface area contributed by atoms with Gasteiger partial charge in [-0.1, -0.05) is 12.5 Å². The van der Waals surface area contributed by atoms with Crippen LogP contribution < -0.4 is 11.1 Å². The van der Waals surface area contributed by atoms with Gasteiger partial charge in [-0.2, -0.15) is 0 Å². The number of halogens is 1. The van der Waals surface area contributed by atoms with Crippen LogP contribution >= 0.6 is 12.4 Å². The lowest BCUT2D eigenvalue weighted by Crippen LogP contribution is -2.54. The van der Waals surface area contributed by atoms with E-state index in [0.717, 1.165) is 18.4 Å². The lowest BCUT2D eigenvalue weighted by molar-refractivity contribution is -0.122. The van der Waals surface area contributed by atoms with Crippen molar-refractivity contribution in [2.75, 3.05) is 0 Å². The number of amides is 1. The summed E-state index contributed by atoms with van der Waals surface area (Å²) in [6.07, 6.45) is 9.76. The van der Waals surface area contributed by atoms with Gasteiger partial charge in [0.15, 0.2) is 0 Å². The summed E-state index contributed by atoms with van der Waals surface area (Å²) in [5, 5.41) is 3.27. The maximum atomic E-state index is 12.2. The molecule has 2 saturated carbocycles. The molecular weight excluding hydrogens is 286 g/mol. The molecule has 1 amide bonds. The molecule has 0 aromatic carbocycles. The first kappa shape index (κ1) is 16.2. The number of fused-ring (bicyclic) bond motifs is 2. The van der Waals surface area contributed by atoms with Gasteiger partial charge in [0, 0.05) is 24.5 Å². The van der Waals surface area contributed by atoms with E-state index in [1.165, 1.54) is 19.3 Å². The Kier molecular flexibility index (Phi) is 5.59. The van der Waals surface area contributed by atoms with Crippen LogP contribution in [0.5, 0.6) is 0 Å². The molecule has 2 unspecified atom stereocenters. The van der Waals surface area contributed by atoms with Crippen molar-refractivity contribution < 1.29 is 4.79 Å². The number of nitrogens with one attached hydrogen (secondary N) is 1. The Hall–Kier alpha value is -1.13. The van der Waals surface area contributed by atoms with Crippen molar-refractivity contribution in [2.45, 2.75) is 50.6 Å². The largest absolute Gasteiger partial charge is 0.353 e. The van der Waals surface area contributed by atoms with E-state index >= 15 is 0 Å². The average Bonchev–Trinajstić information content (AvgIpc) is 2.41. The number of nitrogens with zero attached hydrogens (tertiary/aromatic N) is 1. The quantitative estimate of drug-likeness (QED) is 0.898. The zero-order valence-corrected chi connectivity index (χ0v) is 13.0. The third-order valence-corrected chi connectivity index (χ3v) is 4.79. The zero-order chi connectivity index (χ0) is 13.9. The molecule has 3 rings (SSSR count). The molecule has 116 valence electrons. The van der Waals surface area contributed by atoms with E-state index in [1.54, 1.807) is 12.4 Å². The molecule has 0 saturated heterocycles. The summed E-state index contributed by atoms with van der Waals surface area (Å²) in [4.78, 5) is 16.3. The van der Waals surface area contributed by atoms with Crippen molar-refractivity contribution in [3.05, 3.63) is 30.1 Å². The van der Waals surface area contributed by atoms with Crippen LogP contribution in [0, 0.1) is 11.8 Å². The van der Waals surface area contributed by atoms with E-state index in [-0.39, 0.29) is 18.3 Å². The SMILES string of the molecule is Cl.NC1CC2CCCC(C1)C2NC(=O)Cc1cccnc1. The standard InChI is InChI=1S/C16H23N3O.ClH/c17-14-8-12-4-1-5-13(9-14)16(12)19-15(20)7-11-3-2-6-18-10-11;/h2-3,6,10,12-14,16H,1,4-5,7-9,17H2,(H,19,20);1H. The van der Waals surface area contributed by atoms with Crippen molar-refractivity contribution in [1.29, 1.82) is 0 Å². The van der Waals surface area contributed by atoms with Gasteiger partial charge in [-0.15, -0.1) is 12.4 Å². The Morgan fingerprint density at radius 1 is 1.33 bits per heavy atom. The second kappa shape index (κ2) is 7.23. The van der Waals surface area contributed by atoms with Gasteiger partial charge in [-0.3, -0.25) is 9.78 Å². The second-order valence-electron chi connectivity index (χ2n) is 6.31. The minimum atomic E-state index is 0. The van der Waals surface area contributed by atoms with E-state index in [0.29, 0.717) is 30.3 Å². The van der Waals surface area contributed by atoms with Crippen molar-refractivity contribution >= 4 is 18.3 Å². The zero-order valence-electron chi connectivity index (χ0n) is 12.2. The summed E-state index contributed by atoms with van der Waals surface area (Å²) < 4.78 is 0. The van der Waals surface area contributed by atoms with Gasteiger partial charge in [0.05, 0.1) is 6.42 Å². The van der Waals surface area contributed by atoms with E-state index in [1.807, 2.05) is 12.1 Å². The highest BCUT2D eigenvalue weighted by Gasteiger charge is 2.39. The highest BCUT2D eigenvalue weighted by atomic mass is 35.5. The van der Waals surface area contributed by atoms with Crippen LogP contribution in [-0.2, 0) is 11.2 Å². The van der Waals surface area contributed by atoms with Crippen LogP contribution in [0.1, 0.15) is 37.7 Å². The number of nitrogens with two attached hydrogens (primary N) is 1. The molecule has 2 aliphatic carbocycles. The lowest BCUT2D eigenvalue weighted by Gasteiger charge is -2.45. The van der Waals surface area contributed by atoms with Crippen LogP contribution in [0.15, 0.2) is 24.5 Å². The summed E-state index contributed by atoms with van der Waals surface area (Å²) in [6, 6.07) is 4.49. The van der Waals surface area contributed by atoms with E-state index < -0.39 is 0 Å². The number of hydrogen-bond acceptors (Lipinski definition) is 3. The molecule has 2 fully saturated rings. The maximum absolute atomic E-state index is 12.2. The first-order valence-electron chi connectivity index (χ1n) is 7.66. The molecule has 4 nitrogen and oxygen atoms in total. The van der Waals surface area contributed by atoms with Gasteiger partial charge in [0.1, 0.15) is 0 Å². The van der Waals surface area contributed by atoms with Gasteiger partial charge >= 0.3 is 0 Å². The third-order valence-electron chi connectivity index (χ3n) is 4.79. The fourth-order valence-electron chi connectivity index (χ4n) is 3.95. The fourth-order valence-corrected chi connectivity index (χ4v) is 3.95. The number of hydrogen-bond donors (Lipinski definition) is 2. The summed E-state index contributed by atoms with van der Waals surface area (Å²) in [5.41, 5.74) is 7.10. The van der Waals surface area contributed by atoms with E-state index in [9.17, 15) is 4.79 Å².